The summed E-state index contributed by atoms with van der Waals surface area (Å²) >= 11 is 0. The van der Waals surface area contributed by atoms with Gasteiger partial charge in [-0.2, -0.15) is 0 Å². The second-order valence-corrected chi connectivity index (χ2v) is 3.55. The average molecular weight is 173 g/mol. The van der Waals surface area contributed by atoms with Gasteiger partial charge in [0.15, 0.2) is 0 Å². The van der Waals surface area contributed by atoms with Crippen LogP contribution in [0.5, 0.6) is 0 Å². The molecule has 0 spiro atoms. The maximum Gasteiger partial charge on any atom is 1.00 e. The van der Waals surface area contributed by atoms with Crippen LogP contribution in [0.15, 0.2) is 0 Å². The predicted molar refractivity (Wildman–Crippen MR) is 55.4 cm³/mol. The third-order valence-electron chi connectivity index (χ3n) is 2.26. The molecule has 0 aliphatic heterocycles. The summed E-state index contributed by atoms with van der Waals surface area (Å²) in [7, 11) is 0. The van der Waals surface area contributed by atoms with Gasteiger partial charge in [-0.25, -0.2) is 0 Å². The second-order valence-electron chi connectivity index (χ2n) is 3.55. The molecule has 0 atom stereocenters. The summed E-state index contributed by atoms with van der Waals surface area (Å²) < 4.78 is 0. The van der Waals surface area contributed by atoms with E-state index in [0.29, 0.717) is 6.61 Å². The molecule has 0 aromatic rings. The topological polar surface area (TPSA) is 20.2 Å². The van der Waals surface area contributed by atoms with Gasteiger partial charge in [-0.05, 0) is 6.42 Å². The molecule has 0 aliphatic rings. The van der Waals surface area contributed by atoms with Crippen LogP contribution in [0.25, 0.3) is 0 Å². The third kappa shape index (κ3) is 9.96. The Morgan fingerprint density at radius 2 is 1.17 bits per heavy atom. The lowest BCUT2D eigenvalue weighted by Gasteiger charge is -1.99. The minimum atomic E-state index is 0. The van der Waals surface area contributed by atoms with E-state index in [1.54, 1.807) is 0 Å². The van der Waals surface area contributed by atoms with Crippen molar-refractivity contribution >= 4 is 0 Å². The molecular weight excluding hydrogens is 148 g/mol. The Morgan fingerprint density at radius 3 is 1.58 bits per heavy atom. The summed E-state index contributed by atoms with van der Waals surface area (Å²) in [6.07, 6.45) is 11.8. The van der Waals surface area contributed by atoms with Crippen molar-refractivity contribution in [1.82, 2.24) is 0 Å². The molecular formula is C11H25O+. The fourth-order valence-corrected chi connectivity index (χ4v) is 1.42. The normalized spacial score (nSPS) is 10.5. The van der Waals surface area contributed by atoms with Crippen molar-refractivity contribution in [2.75, 3.05) is 6.61 Å². The molecule has 0 rings (SSSR count). The van der Waals surface area contributed by atoms with Crippen LogP contribution in [0.1, 0.15) is 66.1 Å². The highest BCUT2D eigenvalue weighted by atomic mass is 16.2. The van der Waals surface area contributed by atoms with Gasteiger partial charge in [-0.1, -0.05) is 58.3 Å². The zero-order valence-electron chi connectivity index (χ0n) is 9.52. The summed E-state index contributed by atoms with van der Waals surface area (Å²) in [6.45, 7) is 2.62. The molecule has 0 heterocycles. The van der Waals surface area contributed by atoms with Crippen molar-refractivity contribution in [1.29, 1.82) is 0 Å². The van der Waals surface area contributed by atoms with E-state index in [9.17, 15) is 0 Å². The monoisotopic (exact) mass is 173 g/mol. The minimum Gasteiger partial charge on any atom is -0.396 e. The summed E-state index contributed by atoms with van der Waals surface area (Å²) in [5.74, 6) is 0. The van der Waals surface area contributed by atoms with Crippen LogP contribution in [0, 0.1) is 0 Å². The van der Waals surface area contributed by atoms with Crippen LogP contribution in [-0.4, -0.2) is 11.7 Å². The van der Waals surface area contributed by atoms with E-state index in [1.807, 2.05) is 0 Å². The predicted octanol–water partition coefficient (Wildman–Crippen LogP) is 3.62. The van der Waals surface area contributed by atoms with Crippen LogP contribution in [0.2, 0.25) is 0 Å². The second kappa shape index (κ2) is 11.0. The molecule has 0 radical (unpaired) electrons. The number of rotatable bonds is 9. The molecule has 12 heavy (non-hydrogen) atoms. The zero-order valence-corrected chi connectivity index (χ0v) is 8.52. The van der Waals surface area contributed by atoms with E-state index in [1.165, 1.54) is 51.4 Å². The van der Waals surface area contributed by atoms with Crippen molar-refractivity contribution in [3.05, 3.63) is 0 Å². The fourth-order valence-electron chi connectivity index (χ4n) is 1.42. The molecule has 1 N–H and O–H groups in total. The van der Waals surface area contributed by atoms with Gasteiger partial charge in [0.1, 0.15) is 0 Å². The van der Waals surface area contributed by atoms with Crippen LogP contribution in [-0.2, 0) is 0 Å². The molecule has 1 heteroatoms. The van der Waals surface area contributed by atoms with E-state index in [4.69, 9.17) is 5.11 Å². The lowest BCUT2D eigenvalue weighted by Crippen LogP contribution is -1.84. The van der Waals surface area contributed by atoms with Crippen LogP contribution < -0.4 is 0 Å². The minimum absolute atomic E-state index is 0. The largest absolute Gasteiger partial charge is 1.00 e. The molecule has 0 aliphatic carbocycles. The van der Waals surface area contributed by atoms with Crippen molar-refractivity contribution in [3.63, 3.8) is 0 Å². The van der Waals surface area contributed by atoms with Gasteiger partial charge < -0.3 is 5.11 Å². The van der Waals surface area contributed by atoms with E-state index in [2.05, 4.69) is 6.92 Å². The molecule has 0 aromatic heterocycles. The van der Waals surface area contributed by atoms with Gasteiger partial charge >= 0.3 is 1.43 Å². The van der Waals surface area contributed by atoms with Gasteiger partial charge in [-0.3, -0.25) is 0 Å². The summed E-state index contributed by atoms with van der Waals surface area (Å²) in [6, 6.07) is 0. The highest BCUT2D eigenvalue weighted by Gasteiger charge is 1.90. The molecule has 0 bridgehead atoms. The fraction of sp³-hybridized carbons (Fsp3) is 1.00. The Kier molecular flexibility index (Phi) is 10.9. The van der Waals surface area contributed by atoms with E-state index < -0.39 is 0 Å². The first-order chi connectivity index (χ1) is 5.91. The van der Waals surface area contributed by atoms with Gasteiger partial charge in [0.25, 0.3) is 0 Å². The Balaban J connectivity index is 0. The molecule has 1 nitrogen and oxygen atoms in total. The van der Waals surface area contributed by atoms with E-state index >= 15 is 0 Å². The van der Waals surface area contributed by atoms with Crippen LogP contribution >= 0.6 is 0 Å². The lowest BCUT2D eigenvalue weighted by atomic mass is 10.1. The average Bonchev–Trinajstić information content (AvgIpc) is 2.10. The Morgan fingerprint density at radius 1 is 0.750 bits per heavy atom. The molecule has 0 saturated carbocycles. The molecule has 0 fully saturated rings. The third-order valence-corrected chi connectivity index (χ3v) is 2.26. The highest BCUT2D eigenvalue weighted by Crippen LogP contribution is 2.08. The lowest BCUT2D eigenvalue weighted by molar-refractivity contribution is 0.282. The first kappa shape index (κ1) is 12.0. The van der Waals surface area contributed by atoms with Gasteiger partial charge in [0, 0.05) is 6.61 Å². The van der Waals surface area contributed by atoms with E-state index in [-0.39, 0.29) is 1.43 Å². The maximum atomic E-state index is 8.54. The van der Waals surface area contributed by atoms with Gasteiger partial charge in [0.2, 0.25) is 0 Å². The SMILES string of the molecule is CCCCCCCCCCCO.[H+]. The first-order valence-corrected chi connectivity index (χ1v) is 5.52. The summed E-state index contributed by atoms with van der Waals surface area (Å²) in [5.41, 5.74) is 0. The molecule has 0 unspecified atom stereocenters. The summed E-state index contributed by atoms with van der Waals surface area (Å²) in [4.78, 5) is 0. The first-order valence-electron chi connectivity index (χ1n) is 5.52. The van der Waals surface area contributed by atoms with E-state index in [0.717, 1.165) is 6.42 Å². The molecule has 0 amide bonds. The van der Waals surface area contributed by atoms with Crippen molar-refractivity contribution in [3.8, 4) is 0 Å². The molecule has 0 aromatic carbocycles. The zero-order chi connectivity index (χ0) is 9.07. The number of aliphatic hydroxyl groups excluding tert-OH is 1. The standard InChI is InChI=1S/C11H24O/c1-2-3-4-5-6-7-8-9-10-11-12/h12H,2-11H2,1H3/p+1. The Bertz CT molecular complexity index is 66.5. The smallest absolute Gasteiger partial charge is 0.396 e. The van der Waals surface area contributed by atoms with Crippen molar-refractivity contribution < 1.29 is 6.53 Å². The highest BCUT2D eigenvalue weighted by molar-refractivity contribution is 4.45. The van der Waals surface area contributed by atoms with Gasteiger partial charge in [-0.15, -0.1) is 0 Å². The Labute approximate surface area is 78.7 Å². The number of aliphatic hydroxyl groups is 1. The molecule has 0 saturated heterocycles. The van der Waals surface area contributed by atoms with Crippen molar-refractivity contribution in [2.24, 2.45) is 0 Å². The number of hydrogen-bond acceptors (Lipinski definition) is 1. The molecule has 74 valence electrons. The van der Waals surface area contributed by atoms with Crippen LogP contribution in [0.4, 0.5) is 0 Å². The number of unbranched alkanes of at least 4 members (excludes halogenated alkanes) is 8. The van der Waals surface area contributed by atoms with Crippen molar-refractivity contribution in [2.45, 2.75) is 64.7 Å². The van der Waals surface area contributed by atoms with Gasteiger partial charge in [0.05, 0.1) is 0 Å². The van der Waals surface area contributed by atoms with Crippen LogP contribution in [0.3, 0.4) is 0 Å². The quantitative estimate of drug-likeness (QED) is 0.528. The number of hydrogen-bond donors (Lipinski definition) is 1. The Hall–Kier alpha value is -0.0400. The summed E-state index contributed by atoms with van der Waals surface area (Å²) in [5, 5.41) is 8.54. The maximum absolute atomic E-state index is 8.54.